The lowest BCUT2D eigenvalue weighted by molar-refractivity contribution is -0.134. The van der Waals surface area contributed by atoms with E-state index in [1.807, 2.05) is 19.9 Å². The van der Waals surface area contributed by atoms with E-state index >= 15 is 0 Å². The number of aryl methyl sites for hydroxylation is 3. The molecule has 2 aromatic heterocycles. The number of carbonyl (C=O) groups is 1. The van der Waals surface area contributed by atoms with Gasteiger partial charge in [-0.1, -0.05) is 12.1 Å². The molecule has 1 fully saturated rings. The monoisotopic (exact) mass is 461 g/mol. The van der Waals surface area contributed by atoms with E-state index in [0.717, 1.165) is 22.7 Å². The van der Waals surface area contributed by atoms with E-state index in [1.165, 1.54) is 27.4 Å². The van der Waals surface area contributed by atoms with Gasteiger partial charge in [-0.05, 0) is 37.6 Å². The number of carbonyl (C=O) groups excluding carboxylic acids is 1. The van der Waals surface area contributed by atoms with Gasteiger partial charge in [0, 0.05) is 38.9 Å². The van der Waals surface area contributed by atoms with Gasteiger partial charge in [0.15, 0.2) is 12.3 Å². The molecular formula is C21H24FN5O4S. The number of piperazine rings is 1. The summed E-state index contributed by atoms with van der Waals surface area (Å²) in [5.74, 6) is -0.729. The van der Waals surface area contributed by atoms with Crippen molar-refractivity contribution in [2.45, 2.75) is 18.7 Å². The number of pyridine rings is 1. The Balaban J connectivity index is 1.40. The van der Waals surface area contributed by atoms with Gasteiger partial charge in [-0.3, -0.25) is 4.79 Å². The highest BCUT2D eigenvalue weighted by molar-refractivity contribution is 7.89. The molecule has 1 saturated heterocycles. The van der Waals surface area contributed by atoms with E-state index < -0.39 is 15.8 Å². The number of aromatic nitrogens is 3. The normalized spacial score (nSPS) is 15.3. The summed E-state index contributed by atoms with van der Waals surface area (Å²) in [5, 5.41) is 5.09. The van der Waals surface area contributed by atoms with Gasteiger partial charge >= 0.3 is 0 Å². The Morgan fingerprint density at radius 1 is 1.16 bits per heavy atom. The molecule has 0 spiro atoms. The van der Waals surface area contributed by atoms with Gasteiger partial charge in [0.1, 0.15) is 10.7 Å². The second-order valence-electron chi connectivity index (χ2n) is 7.71. The Hall–Kier alpha value is -3.05. The molecule has 0 unspecified atom stereocenters. The van der Waals surface area contributed by atoms with Crippen molar-refractivity contribution in [1.82, 2.24) is 24.0 Å². The number of hydrogen-bond acceptors (Lipinski definition) is 6. The van der Waals surface area contributed by atoms with Crippen LogP contribution in [0.1, 0.15) is 11.3 Å². The molecule has 3 aromatic rings. The summed E-state index contributed by atoms with van der Waals surface area (Å²) in [7, 11) is -2.20. The van der Waals surface area contributed by atoms with Crippen molar-refractivity contribution in [1.29, 1.82) is 0 Å². The molecule has 0 atom stereocenters. The third-order valence-corrected chi connectivity index (χ3v) is 7.40. The summed E-state index contributed by atoms with van der Waals surface area (Å²) in [5.41, 5.74) is 2.50. The van der Waals surface area contributed by atoms with Crippen molar-refractivity contribution in [2.75, 3.05) is 32.8 Å². The van der Waals surface area contributed by atoms with Gasteiger partial charge < -0.3 is 9.64 Å². The SMILES string of the molecule is Cc1cc(C)c2c(OCC(=O)N3CCN(S(=O)(=O)c4ccccc4F)CC3)nn(C)c2n1. The second-order valence-corrected chi connectivity index (χ2v) is 9.62. The van der Waals surface area contributed by atoms with Crippen LogP contribution in [0.25, 0.3) is 11.0 Å². The average Bonchev–Trinajstić information content (AvgIpc) is 3.08. The molecule has 170 valence electrons. The number of amides is 1. The van der Waals surface area contributed by atoms with Gasteiger partial charge in [0.25, 0.3) is 5.91 Å². The maximum Gasteiger partial charge on any atom is 0.260 e. The Morgan fingerprint density at radius 3 is 2.53 bits per heavy atom. The fourth-order valence-corrected chi connectivity index (χ4v) is 5.33. The Kier molecular flexibility index (Phi) is 5.87. The third-order valence-electron chi connectivity index (χ3n) is 5.46. The van der Waals surface area contributed by atoms with Crippen molar-refractivity contribution >= 4 is 27.0 Å². The van der Waals surface area contributed by atoms with Crippen molar-refractivity contribution in [3.05, 3.63) is 47.4 Å². The minimum atomic E-state index is -3.96. The lowest BCUT2D eigenvalue weighted by Gasteiger charge is -2.33. The van der Waals surface area contributed by atoms with Crippen LogP contribution in [0.15, 0.2) is 35.2 Å². The van der Waals surface area contributed by atoms with Crippen LogP contribution in [0.2, 0.25) is 0 Å². The second kappa shape index (κ2) is 8.47. The molecule has 0 radical (unpaired) electrons. The molecule has 1 aliphatic heterocycles. The smallest absolute Gasteiger partial charge is 0.260 e. The standard InChI is InChI=1S/C21H24FN5O4S/c1-14-12-15(2)23-20-19(14)21(24-25(20)3)31-13-18(28)26-8-10-27(11-9-26)32(29,30)17-7-5-4-6-16(17)22/h4-7,12H,8-11,13H2,1-3H3. The van der Waals surface area contributed by atoms with Crippen LogP contribution in [-0.4, -0.2) is 71.1 Å². The number of sulfonamides is 1. The van der Waals surface area contributed by atoms with Gasteiger partial charge in [0.05, 0.1) is 5.39 Å². The Morgan fingerprint density at radius 2 is 1.84 bits per heavy atom. The van der Waals surface area contributed by atoms with E-state index in [1.54, 1.807) is 11.7 Å². The van der Waals surface area contributed by atoms with Crippen molar-refractivity contribution in [3.63, 3.8) is 0 Å². The molecule has 0 aliphatic carbocycles. The molecule has 1 aliphatic rings. The average molecular weight is 462 g/mol. The van der Waals surface area contributed by atoms with Crippen LogP contribution in [0.4, 0.5) is 4.39 Å². The molecule has 4 rings (SSSR count). The molecule has 0 N–H and O–H groups in total. The first kappa shape index (κ1) is 22.2. The van der Waals surface area contributed by atoms with Gasteiger partial charge in [-0.2, -0.15) is 4.31 Å². The van der Waals surface area contributed by atoms with Gasteiger partial charge in [-0.25, -0.2) is 22.5 Å². The summed E-state index contributed by atoms with van der Waals surface area (Å²) in [6.07, 6.45) is 0. The number of rotatable bonds is 5. The highest BCUT2D eigenvalue weighted by Crippen LogP contribution is 2.27. The predicted octanol–water partition coefficient (Wildman–Crippen LogP) is 1.64. The quantitative estimate of drug-likeness (QED) is 0.573. The van der Waals surface area contributed by atoms with Crippen LogP contribution < -0.4 is 4.74 Å². The van der Waals surface area contributed by atoms with E-state index in [9.17, 15) is 17.6 Å². The number of hydrogen-bond donors (Lipinski definition) is 0. The Labute approximate surface area is 185 Å². The van der Waals surface area contributed by atoms with Crippen molar-refractivity contribution in [3.8, 4) is 5.88 Å². The molecule has 1 aromatic carbocycles. The maximum absolute atomic E-state index is 14.0. The van der Waals surface area contributed by atoms with Crippen LogP contribution in [0, 0.1) is 19.7 Å². The van der Waals surface area contributed by atoms with Crippen LogP contribution in [-0.2, 0) is 21.9 Å². The minimum absolute atomic E-state index is 0.0806. The fraction of sp³-hybridized carbons (Fsp3) is 0.381. The van der Waals surface area contributed by atoms with Crippen molar-refractivity contribution < 1.29 is 22.3 Å². The lowest BCUT2D eigenvalue weighted by Crippen LogP contribution is -2.51. The summed E-state index contributed by atoms with van der Waals surface area (Å²) in [6, 6.07) is 7.20. The van der Waals surface area contributed by atoms with Crippen molar-refractivity contribution in [2.24, 2.45) is 7.05 Å². The highest BCUT2D eigenvalue weighted by Gasteiger charge is 2.32. The van der Waals surface area contributed by atoms with E-state index in [2.05, 4.69) is 10.1 Å². The van der Waals surface area contributed by atoms with E-state index in [-0.39, 0.29) is 43.6 Å². The number of nitrogens with zero attached hydrogens (tertiary/aromatic N) is 5. The van der Waals surface area contributed by atoms with Crippen LogP contribution >= 0.6 is 0 Å². The molecule has 3 heterocycles. The first-order chi connectivity index (χ1) is 15.2. The molecular weight excluding hydrogens is 437 g/mol. The number of halogens is 1. The van der Waals surface area contributed by atoms with Gasteiger partial charge in [-0.15, -0.1) is 5.10 Å². The topological polar surface area (TPSA) is 97.6 Å². The number of benzene rings is 1. The highest BCUT2D eigenvalue weighted by atomic mass is 32.2. The summed E-state index contributed by atoms with van der Waals surface area (Å²) < 4.78 is 47.9. The molecule has 9 nitrogen and oxygen atoms in total. The maximum atomic E-state index is 14.0. The first-order valence-electron chi connectivity index (χ1n) is 10.1. The zero-order valence-electron chi connectivity index (χ0n) is 18.1. The van der Waals surface area contributed by atoms with Crippen LogP contribution in [0.5, 0.6) is 5.88 Å². The molecule has 0 bridgehead atoms. The molecule has 11 heteroatoms. The third kappa shape index (κ3) is 4.05. The zero-order chi connectivity index (χ0) is 23.0. The first-order valence-corrected chi connectivity index (χ1v) is 11.6. The summed E-state index contributed by atoms with van der Waals surface area (Å²) >= 11 is 0. The zero-order valence-corrected chi connectivity index (χ0v) is 18.9. The van der Waals surface area contributed by atoms with Gasteiger partial charge in [0.2, 0.25) is 15.9 Å². The van der Waals surface area contributed by atoms with Crippen LogP contribution in [0.3, 0.4) is 0 Å². The Bertz CT molecular complexity index is 1280. The number of fused-ring (bicyclic) bond motifs is 1. The molecule has 32 heavy (non-hydrogen) atoms. The largest absolute Gasteiger partial charge is 0.466 e. The lowest BCUT2D eigenvalue weighted by atomic mass is 10.2. The van der Waals surface area contributed by atoms with E-state index in [4.69, 9.17) is 4.74 Å². The predicted molar refractivity (Wildman–Crippen MR) is 115 cm³/mol. The molecule has 1 amide bonds. The summed E-state index contributed by atoms with van der Waals surface area (Å²) in [6.45, 7) is 4.16. The number of ether oxygens (including phenoxy) is 1. The van der Waals surface area contributed by atoms with E-state index in [0.29, 0.717) is 11.5 Å². The fourth-order valence-electron chi connectivity index (χ4n) is 3.84. The summed E-state index contributed by atoms with van der Waals surface area (Å²) in [4.78, 5) is 18.3. The minimum Gasteiger partial charge on any atom is -0.466 e. The molecule has 0 saturated carbocycles.